The van der Waals surface area contributed by atoms with Crippen molar-refractivity contribution in [2.75, 3.05) is 11.5 Å². The summed E-state index contributed by atoms with van der Waals surface area (Å²) in [5, 5.41) is 0. The molecule has 1 fully saturated rings. The van der Waals surface area contributed by atoms with Crippen LogP contribution in [0.3, 0.4) is 0 Å². The van der Waals surface area contributed by atoms with Crippen LogP contribution in [0.1, 0.15) is 43.0 Å². The van der Waals surface area contributed by atoms with Gasteiger partial charge < -0.3 is 4.74 Å². The average Bonchev–Trinajstić information content (AvgIpc) is 3.29. The lowest BCUT2D eigenvalue weighted by molar-refractivity contribution is -0.122. The van der Waals surface area contributed by atoms with Crippen LogP contribution in [0.25, 0.3) is 0 Å². The maximum Gasteiger partial charge on any atom is 0.338 e. The Hall–Kier alpha value is -3.88. The highest BCUT2D eigenvalue weighted by atomic mass is 79.9. The van der Waals surface area contributed by atoms with Gasteiger partial charge in [0.2, 0.25) is 11.8 Å². The molecule has 202 valence electrons. The van der Waals surface area contributed by atoms with E-state index in [0.29, 0.717) is 5.56 Å². The Kier molecular flexibility index (Phi) is 5.92. The van der Waals surface area contributed by atoms with Crippen LogP contribution in [-0.2, 0) is 23.0 Å². The fourth-order valence-corrected chi connectivity index (χ4v) is 8.92. The van der Waals surface area contributed by atoms with E-state index in [2.05, 4.69) is 31.9 Å². The minimum Gasteiger partial charge on any atom is -0.454 e. The van der Waals surface area contributed by atoms with Crippen LogP contribution in [0.4, 0.5) is 5.69 Å². The molecule has 0 radical (unpaired) electrons. The highest BCUT2D eigenvalue weighted by Crippen LogP contribution is 2.70. The molecule has 8 heteroatoms. The van der Waals surface area contributed by atoms with Crippen molar-refractivity contribution in [2.24, 2.45) is 11.8 Å². The van der Waals surface area contributed by atoms with E-state index in [1.807, 2.05) is 48.5 Å². The molecule has 2 amide bonds. The third-order valence-corrected chi connectivity index (χ3v) is 11.1. The number of amides is 2. The molecule has 8 rings (SSSR count). The lowest BCUT2D eigenvalue weighted by atomic mass is 9.54. The van der Waals surface area contributed by atoms with E-state index in [1.54, 1.807) is 42.5 Å². The number of rotatable bonds is 5. The monoisotopic (exact) mass is 669 g/mol. The Morgan fingerprint density at radius 2 is 1.12 bits per heavy atom. The molecule has 0 saturated carbocycles. The molecule has 1 saturated heterocycles. The van der Waals surface area contributed by atoms with Gasteiger partial charge in [0.25, 0.3) is 0 Å². The Labute approximate surface area is 252 Å². The number of carbonyl (C=O) groups excluding carboxylic acids is 4. The maximum atomic E-state index is 14.3. The SMILES string of the molecule is O=C(COC(=O)c1cccc(N2C(=O)[C@H]3[C@H](C2=O)C2(Br)c4ccccc4C3(Br)c3ccccc32)c1)c1ccccc1. The Bertz CT molecular complexity index is 1660. The normalized spacial score (nSPS) is 25.4. The van der Waals surface area contributed by atoms with Crippen LogP contribution in [0.15, 0.2) is 103 Å². The van der Waals surface area contributed by atoms with E-state index in [1.165, 1.54) is 17.0 Å². The van der Waals surface area contributed by atoms with E-state index in [-0.39, 0.29) is 28.8 Å². The zero-order chi connectivity index (χ0) is 28.5. The lowest BCUT2D eigenvalue weighted by Gasteiger charge is -2.55. The summed E-state index contributed by atoms with van der Waals surface area (Å²) in [6.07, 6.45) is 0. The molecule has 2 bridgehead atoms. The lowest BCUT2D eigenvalue weighted by Crippen LogP contribution is -2.56. The topological polar surface area (TPSA) is 80.8 Å². The molecule has 0 spiro atoms. The molecule has 1 heterocycles. The van der Waals surface area contributed by atoms with Crippen molar-refractivity contribution in [3.05, 3.63) is 137 Å². The molecule has 4 aliphatic rings. The van der Waals surface area contributed by atoms with E-state index >= 15 is 0 Å². The zero-order valence-electron chi connectivity index (χ0n) is 21.4. The van der Waals surface area contributed by atoms with Crippen LogP contribution in [-0.4, -0.2) is 30.2 Å². The number of nitrogens with zero attached hydrogens (tertiary/aromatic N) is 1. The number of Topliss-reactive ketones (excluding diaryl/α,β-unsaturated/α-hetero) is 1. The summed E-state index contributed by atoms with van der Waals surface area (Å²) < 4.78 is 3.47. The molecule has 1 aliphatic heterocycles. The fraction of sp³-hybridized carbons (Fsp3) is 0.152. The standard InChI is InChI=1S/C33H21Br2NO5/c34-32-22-13-4-5-14-23(22)33(35,25-16-7-6-15-24(25)32)28-27(32)29(38)36(30(28)39)21-12-8-11-20(17-21)31(40)41-18-26(37)19-9-2-1-3-10-19/h1-17,27-28H,18H2/t27-,28-,32?,33?/m1/s1. The van der Waals surface area contributed by atoms with Gasteiger partial charge in [-0.25, -0.2) is 9.69 Å². The van der Waals surface area contributed by atoms with Crippen LogP contribution in [0.5, 0.6) is 0 Å². The quantitative estimate of drug-likeness (QED) is 0.110. The fourth-order valence-electron chi connectivity index (χ4n) is 6.62. The first-order chi connectivity index (χ1) is 19.8. The van der Waals surface area contributed by atoms with Crippen molar-refractivity contribution in [1.82, 2.24) is 0 Å². The van der Waals surface area contributed by atoms with E-state index in [4.69, 9.17) is 4.74 Å². The minimum atomic E-state index is -0.907. The van der Waals surface area contributed by atoms with Crippen LogP contribution in [0, 0.1) is 11.8 Å². The number of alkyl halides is 2. The highest BCUT2D eigenvalue weighted by molar-refractivity contribution is 9.10. The number of ketones is 1. The third kappa shape index (κ3) is 3.53. The number of benzene rings is 4. The summed E-state index contributed by atoms with van der Waals surface area (Å²) in [6.45, 7) is -0.423. The van der Waals surface area contributed by atoms with Crippen molar-refractivity contribution in [2.45, 2.75) is 8.65 Å². The number of halogens is 2. The van der Waals surface area contributed by atoms with Gasteiger partial charge in [-0.3, -0.25) is 14.4 Å². The van der Waals surface area contributed by atoms with Gasteiger partial charge in [-0.2, -0.15) is 0 Å². The summed E-state index contributed by atoms with van der Waals surface area (Å²) in [5.74, 6) is -3.20. The van der Waals surface area contributed by atoms with Crippen molar-refractivity contribution in [3.8, 4) is 0 Å². The number of hydrogen-bond acceptors (Lipinski definition) is 5. The van der Waals surface area contributed by atoms with Crippen molar-refractivity contribution >= 4 is 61.1 Å². The van der Waals surface area contributed by atoms with Gasteiger partial charge in [0.05, 0.1) is 31.7 Å². The third-order valence-electron chi connectivity index (χ3n) is 8.36. The van der Waals surface area contributed by atoms with E-state index < -0.39 is 33.1 Å². The van der Waals surface area contributed by atoms with Crippen LogP contribution < -0.4 is 4.90 Å². The summed E-state index contributed by atoms with van der Waals surface area (Å²) >= 11 is 7.99. The average molecular weight is 671 g/mol. The van der Waals surface area contributed by atoms with E-state index in [9.17, 15) is 19.2 Å². The van der Waals surface area contributed by atoms with Crippen LogP contribution in [0.2, 0.25) is 0 Å². The number of ether oxygens (including phenoxy) is 1. The van der Waals surface area contributed by atoms with Crippen molar-refractivity contribution in [1.29, 1.82) is 0 Å². The number of anilines is 1. The molecule has 4 aromatic carbocycles. The molecule has 0 N–H and O–H groups in total. The number of hydrogen-bond donors (Lipinski definition) is 0. The second kappa shape index (κ2) is 9.33. The first-order valence-corrected chi connectivity index (χ1v) is 14.7. The van der Waals surface area contributed by atoms with Gasteiger partial charge >= 0.3 is 5.97 Å². The molecule has 6 nitrogen and oxygen atoms in total. The van der Waals surface area contributed by atoms with Crippen molar-refractivity contribution in [3.63, 3.8) is 0 Å². The molecule has 0 aromatic heterocycles. The van der Waals surface area contributed by atoms with E-state index in [0.717, 1.165) is 22.3 Å². The van der Waals surface area contributed by atoms with Gasteiger partial charge in [-0.1, -0.05) is 117 Å². The molecule has 41 heavy (non-hydrogen) atoms. The molecular formula is C33H21Br2NO5. The van der Waals surface area contributed by atoms with Gasteiger partial charge in [0, 0.05) is 5.56 Å². The molecule has 3 aliphatic carbocycles. The highest BCUT2D eigenvalue weighted by Gasteiger charge is 2.72. The second-order valence-corrected chi connectivity index (χ2v) is 12.9. The summed E-state index contributed by atoms with van der Waals surface area (Å²) in [6, 6.07) is 30.5. The summed E-state index contributed by atoms with van der Waals surface area (Å²) in [5.41, 5.74) is 4.63. The largest absolute Gasteiger partial charge is 0.454 e. The summed E-state index contributed by atoms with van der Waals surface area (Å²) in [7, 11) is 0. The van der Waals surface area contributed by atoms with Gasteiger partial charge in [-0.05, 0) is 40.5 Å². The predicted octanol–water partition coefficient (Wildman–Crippen LogP) is 6.14. The van der Waals surface area contributed by atoms with Crippen molar-refractivity contribution < 1.29 is 23.9 Å². The molecule has 2 atom stereocenters. The second-order valence-electron chi connectivity index (χ2n) is 10.4. The smallest absolute Gasteiger partial charge is 0.338 e. The zero-order valence-corrected chi connectivity index (χ0v) is 24.6. The number of carbonyl (C=O) groups is 4. The Morgan fingerprint density at radius 3 is 1.63 bits per heavy atom. The summed E-state index contributed by atoms with van der Waals surface area (Å²) in [4.78, 5) is 55.0. The molecule has 4 aromatic rings. The number of imide groups is 1. The first kappa shape index (κ1) is 26.0. The van der Waals surface area contributed by atoms with Gasteiger partial charge in [0.15, 0.2) is 12.4 Å². The van der Waals surface area contributed by atoms with Gasteiger partial charge in [0.1, 0.15) is 0 Å². The molecule has 0 unspecified atom stereocenters. The predicted molar refractivity (Wildman–Crippen MR) is 159 cm³/mol. The molecular weight excluding hydrogens is 650 g/mol. The first-order valence-electron chi connectivity index (χ1n) is 13.1. The minimum absolute atomic E-state index is 0.135. The number of esters is 1. The maximum absolute atomic E-state index is 14.3. The Morgan fingerprint density at radius 1 is 0.659 bits per heavy atom. The van der Waals surface area contributed by atoms with Gasteiger partial charge in [-0.15, -0.1) is 0 Å². The van der Waals surface area contributed by atoms with Crippen LogP contribution >= 0.6 is 31.9 Å². The Balaban J connectivity index is 1.24.